The Labute approximate surface area is 179 Å². The van der Waals surface area contributed by atoms with Crippen LogP contribution < -0.4 is 9.47 Å². The fourth-order valence-electron chi connectivity index (χ4n) is 2.73. The molecule has 3 aromatic rings. The van der Waals surface area contributed by atoms with Crippen LogP contribution in [-0.4, -0.2) is 28.9 Å². The van der Waals surface area contributed by atoms with E-state index in [9.17, 15) is 4.79 Å². The monoisotopic (exact) mass is 430 g/mol. The fraction of sp³-hybridized carbons (Fsp3) is 0.273. The van der Waals surface area contributed by atoms with E-state index in [4.69, 9.17) is 21.1 Å². The zero-order chi connectivity index (χ0) is 20.8. The van der Waals surface area contributed by atoms with Gasteiger partial charge < -0.3 is 14.4 Å². The average Bonchev–Trinajstić information content (AvgIpc) is 3.18. The van der Waals surface area contributed by atoms with Crippen LogP contribution in [0.5, 0.6) is 11.5 Å². The summed E-state index contributed by atoms with van der Waals surface area (Å²) in [5.41, 5.74) is 1.47. The molecule has 0 unspecified atom stereocenters. The number of rotatable bonds is 8. The summed E-state index contributed by atoms with van der Waals surface area (Å²) in [4.78, 5) is 19.4. The number of thiazole rings is 1. The van der Waals surface area contributed by atoms with Crippen LogP contribution in [0, 0.1) is 0 Å². The van der Waals surface area contributed by atoms with Crippen molar-refractivity contribution >= 4 is 28.8 Å². The lowest BCUT2D eigenvalue weighted by molar-refractivity contribution is 0.0688. The van der Waals surface area contributed by atoms with Crippen LogP contribution in [0.25, 0.3) is 0 Å². The van der Waals surface area contributed by atoms with E-state index < -0.39 is 0 Å². The van der Waals surface area contributed by atoms with Crippen LogP contribution in [0.3, 0.4) is 0 Å². The molecule has 0 aliphatic rings. The van der Waals surface area contributed by atoms with Gasteiger partial charge in [-0.2, -0.15) is 0 Å². The molecule has 0 atom stereocenters. The van der Waals surface area contributed by atoms with Crippen molar-refractivity contribution in [2.24, 2.45) is 0 Å². The Bertz CT molecular complexity index is 939. The maximum absolute atomic E-state index is 13.0. The van der Waals surface area contributed by atoms with Gasteiger partial charge in [0.1, 0.15) is 23.1 Å². The number of aromatic nitrogens is 1. The molecule has 5 nitrogen and oxygen atoms in total. The molecule has 0 spiro atoms. The topological polar surface area (TPSA) is 51.7 Å². The molecule has 0 saturated heterocycles. The van der Waals surface area contributed by atoms with Crippen LogP contribution in [0.1, 0.15) is 34.9 Å². The smallest absolute Gasteiger partial charge is 0.254 e. The first kappa shape index (κ1) is 21.1. The number of carbonyl (C=O) groups is 1. The number of hydrogen-bond acceptors (Lipinski definition) is 5. The van der Waals surface area contributed by atoms with E-state index in [2.05, 4.69) is 4.98 Å². The van der Waals surface area contributed by atoms with E-state index >= 15 is 0 Å². The molecule has 0 fully saturated rings. The lowest BCUT2D eigenvalue weighted by Gasteiger charge is -2.26. The molecule has 0 saturated carbocycles. The summed E-state index contributed by atoms with van der Waals surface area (Å²) in [6.07, 6.45) is 0. The second-order valence-electron chi connectivity index (χ2n) is 6.73. The van der Waals surface area contributed by atoms with Gasteiger partial charge in [-0.25, -0.2) is 4.98 Å². The van der Waals surface area contributed by atoms with E-state index in [0.717, 1.165) is 22.2 Å². The number of nitrogens with zero attached hydrogens (tertiary/aromatic N) is 2. The first-order valence-electron chi connectivity index (χ1n) is 9.23. The predicted octanol–water partition coefficient (Wildman–Crippen LogP) is 5.43. The normalized spacial score (nSPS) is 10.8. The van der Waals surface area contributed by atoms with Gasteiger partial charge in [-0.3, -0.25) is 4.79 Å². The molecule has 1 heterocycles. The van der Waals surface area contributed by atoms with Crippen LogP contribution >= 0.6 is 22.9 Å². The molecule has 1 amide bonds. The van der Waals surface area contributed by atoms with Gasteiger partial charge in [-0.05, 0) is 62.4 Å². The highest BCUT2D eigenvalue weighted by Gasteiger charge is 2.20. The van der Waals surface area contributed by atoms with Gasteiger partial charge in [0.2, 0.25) is 0 Å². The summed E-state index contributed by atoms with van der Waals surface area (Å²) in [7, 11) is 1.60. The molecule has 0 N–H and O–H groups in total. The largest absolute Gasteiger partial charge is 0.497 e. The van der Waals surface area contributed by atoms with Gasteiger partial charge in [0, 0.05) is 22.0 Å². The van der Waals surface area contributed by atoms with Crippen molar-refractivity contribution in [3.8, 4) is 11.5 Å². The summed E-state index contributed by atoms with van der Waals surface area (Å²) in [5, 5.41) is 3.50. The number of methoxy groups -OCH3 is 1. The van der Waals surface area contributed by atoms with Crippen LogP contribution in [0.2, 0.25) is 5.02 Å². The maximum Gasteiger partial charge on any atom is 0.254 e. The first-order valence-corrected chi connectivity index (χ1v) is 10.5. The number of ether oxygens (including phenoxy) is 2. The van der Waals surface area contributed by atoms with E-state index in [1.165, 1.54) is 11.3 Å². The summed E-state index contributed by atoms with van der Waals surface area (Å²) in [6, 6.07) is 14.4. The lowest BCUT2D eigenvalue weighted by atomic mass is 10.1. The SMILES string of the molecule is COc1ccc(C(=O)N(Cc2csc(COc3ccc(Cl)cc3)n2)C(C)C)cc1. The molecular weight excluding hydrogens is 408 g/mol. The molecular formula is C22H23ClN2O3S. The standard InChI is InChI=1S/C22H23ClN2O3S/c1-15(2)25(22(26)16-4-8-19(27-3)9-5-16)12-18-14-29-21(24-18)13-28-20-10-6-17(23)7-11-20/h4-11,14-15H,12-13H2,1-3H3. The molecule has 0 aliphatic heterocycles. The minimum atomic E-state index is -0.0328. The Kier molecular flexibility index (Phi) is 7.12. The number of amides is 1. The van der Waals surface area contributed by atoms with E-state index in [-0.39, 0.29) is 11.9 Å². The van der Waals surface area contributed by atoms with E-state index in [1.54, 1.807) is 48.4 Å². The molecule has 3 rings (SSSR count). The minimum absolute atomic E-state index is 0.0328. The Morgan fingerprint density at radius 1 is 1.10 bits per heavy atom. The summed E-state index contributed by atoms with van der Waals surface area (Å²) in [5.74, 6) is 1.43. The predicted molar refractivity (Wildman–Crippen MR) is 116 cm³/mol. The van der Waals surface area contributed by atoms with Crippen molar-refractivity contribution in [1.29, 1.82) is 0 Å². The molecule has 2 aromatic carbocycles. The van der Waals surface area contributed by atoms with Crippen LogP contribution in [0.15, 0.2) is 53.9 Å². The third-order valence-electron chi connectivity index (χ3n) is 4.33. The quantitative estimate of drug-likeness (QED) is 0.477. The van der Waals surface area contributed by atoms with Gasteiger partial charge in [-0.15, -0.1) is 11.3 Å². The Hall–Kier alpha value is -2.57. The van der Waals surface area contributed by atoms with Gasteiger partial charge in [0.05, 0.1) is 19.3 Å². The average molecular weight is 431 g/mol. The zero-order valence-corrected chi connectivity index (χ0v) is 18.2. The molecule has 29 heavy (non-hydrogen) atoms. The van der Waals surface area contributed by atoms with E-state index in [0.29, 0.717) is 23.7 Å². The number of carbonyl (C=O) groups excluding carboxylic acids is 1. The van der Waals surface area contributed by atoms with Crippen molar-refractivity contribution in [2.75, 3.05) is 7.11 Å². The third-order valence-corrected chi connectivity index (χ3v) is 5.45. The summed E-state index contributed by atoms with van der Waals surface area (Å²) < 4.78 is 10.9. The van der Waals surface area contributed by atoms with Crippen molar-refractivity contribution < 1.29 is 14.3 Å². The fourth-order valence-corrected chi connectivity index (χ4v) is 3.55. The molecule has 152 valence electrons. The number of hydrogen-bond donors (Lipinski definition) is 0. The highest BCUT2D eigenvalue weighted by molar-refractivity contribution is 7.09. The second-order valence-corrected chi connectivity index (χ2v) is 8.11. The maximum atomic E-state index is 13.0. The van der Waals surface area contributed by atoms with Crippen molar-refractivity contribution in [1.82, 2.24) is 9.88 Å². The third kappa shape index (κ3) is 5.71. The van der Waals surface area contributed by atoms with Crippen LogP contribution in [-0.2, 0) is 13.2 Å². The highest BCUT2D eigenvalue weighted by atomic mass is 35.5. The van der Waals surface area contributed by atoms with Gasteiger partial charge in [-0.1, -0.05) is 11.6 Å². The van der Waals surface area contributed by atoms with Gasteiger partial charge in [0.25, 0.3) is 5.91 Å². The molecule has 0 radical (unpaired) electrons. The van der Waals surface area contributed by atoms with Gasteiger partial charge in [0.15, 0.2) is 0 Å². The minimum Gasteiger partial charge on any atom is -0.497 e. The lowest BCUT2D eigenvalue weighted by Crippen LogP contribution is -2.36. The Morgan fingerprint density at radius 3 is 2.38 bits per heavy atom. The highest BCUT2D eigenvalue weighted by Crippen LogP contribution is 2.20. The second kappa shape index (κ2) is 9.76. The Morgan fingerprint density at radius 2 is 1.76 bits per heavy atom. The van der Waals surface area contributed by atoms with Gasteiger partial charge >= 0.3 is 0 Å². The molecule has 1 aromatic heterocycles. The summed E-state index contributed by atoms with van der Waals surface area (Å²) in [6.45, 7) is 4.82. The first-order chi connectivity index (χ1) is 14.0. The molecule has 7 heteroatoms. The zero-order valence-electron chi connectivity index (χ0n) is 16.6. The van der Waals surface area contributed by atoms with Crippen LogP contribution in [0.4, 0.5) is 0 Å². The van der Waals surface area contributed by atoms with E-state index in [1.807, 2.05) is 31.4 Å². The molecule has 0 aliphatic carbocycles. The Balaban J connectivity index is 1.64. The van der Waals surface area contributed by atoms with Crippen molar-refractivity contribution in [3.63, 3.8) is 0 Å². The number of halogens is 1. The number of benzene rings is 2. The van der Waals surface area contributed by atoms with Crippen molar-refractivity contribution in [2.45, 2.75) is 33.0 Å². The summed E-state index contributed by atoms with van der Waals surface area (Å²) >= 11 is 7.41. The van der Waals surface area contributed by atoms with Crippen molar-refractivity contribution in [3.05, 3.63) is 75.2 Å². The molecule has 0 bridgehead atoms.